The van der Waals surface area contributed by atoms with Crippen LogP contribution in [-0.4, -0.2) is 17.0 Å². The fraction of sp³-hybridized carbons (Fsp3) is 0.143. The predicted molar refractivity (Wildman–Crippen MR) is 73.0 cm³/mol. The molecule has 0 radical (unpaired) electrons. The summed E-state index contributed by atoms with van der Waals surface area (Å²) in [6, 6.07) is 8.02. The van der Waals surface area contributed by atoms with Gasteiger partial charge >= 0.3 is 5.97 Å². The molecule has 1 heterocycles. The van der Waals surface area contributed by atoms with Crippen LogP contribution in [0.4, 0.5) is 0 Å². The van der Waals surface area contributed by atoms with Crippen LogP contribution >= 0.6 is 11.6 Å². The van der Waals surface area contributed by atoms with Gasteiger partial charge in [-0.25, -0.2) is 4.79 Å². The highest BCUT2D eigenvalue weighted by Gasteiger charge is 2.17. The predicted octanol–water partition coefficient (Wildman–Crippen LogP) is 3.12. The van der Waals surface area contributed by atoms with Crippen molar-refractivity contribution in [1.29, 1.82) is 0 Å². The molecule has 5 nitrogen and oxygen atoms in total. The summed E-state index contributed by atoms with van der Waals surface area (Å²) < 4.78 is 4.93. The van der Waals surface area contributed by atoms with Crippen LogP contribution in [0.1, 0.15) is 39.4 Å². The molecule has 1 aromatic heterocycles. The summed E-state index contributed by atoms with van der Waals surface area (Å²) in [5.41, 5.74) is 0.779. The highest BCUT2D eigenvalue weighted by atomic mass is 35.5. The number of carbonyl (C=O) groups excluding carboxylic acids is 1. The van der Waals surface area contributed by atoms with Crippen molar-refractivity contribution in [2.24, 2.45) is 0 Å². The number of benzene rings is 1. The maximum Gasteiger partial charge on any atom is 0.338 e. The normalized spacial score (nSPS) is 11.9. The second-order valence-electron chi connectivity index (χ2n) is 4.25. The molecule has 0 aliphatic heterocycles. The van der Waals surface area contributed by atoms with Crippen molar-refractivity contribution in [2.75, 3.05) is 0 Å². The quantitative estimate of drug-likeness (QED) is 0.907. The highest BCUT2D eigenvalue weighted by Crippen LogP contribution is 2.18. The summed E-state index contributed by atoms with van der Waals surface area (Å²) in [5, 5.41) is 12.1. The number of carbonyl (C=O) groups is 2. The Hall–Kier alpha value is -2.27. The zero-order valence-corrected chi connectivity index (χ0v) is 11.3. The lowest BCUT2D eigenvalue weighted by molar-refractivity contribution is 0.0695. The lowest BCUT2D eigenvalue weighted by Crippen LogP contribution is -2.26. The summed E-state index contributed by atoms with van der Waals surface area (Å²) in [6.07, 6.45) is 1.03. The van der Waals surface area contributed by atoms with E-state index < -0.39 is 11.9 Å². The van der Waals surface area contributed by atoms with E-state index in [1.807, 2.05) is 6.07 Å². The molecule has 6 heteroatoms. The van der Waals surface area contributed by atoms with Gasteiger partial charge in [0.2, 0.25) is 0 Å². The van der Waals surface area contributed by atoms with E-state index in [0.29, 0.717) is 5.02 Å². The average molecular weight is 294 g/mol. The second-order valence-corrected chi connectivity index (χ2v) is 4.69. The van der Waals surface area contributed by atoms with Crippen LogP contribution in [0.15, 0.2) is 41.0 Å². The number of rotatable bonds is 4. The zero-order valence-electron chi connectivity index (χ0n) is 10.6. The number of carboxylic acids is 1. The standard InChI is InChI=1S/C14H12ClNO4/c1-8(9-3-2-4-11(15)5-9)16-13(17)12-6-10(7-20-12)14(18)19/h2-8H,1H3,(H,16,17)(H,18,19). The molecule has 1 unspecified atom stereocenters. The Bertz CT molecular complexity index is 650. The summed E-state index contributed by atoms with van der Waals surface area (Å²) >= 11 is 5.88. The van der Waals surface area contributed by atoms with Gasteiger partial charge < -0.3 is 14.8 Å². The van der Waals surface area contributed by atoms with E-state index in [4.69, 9.17) is 21.1 Å². The smallest absolute Gasteiger partial charge is 0.338 e. The van der Waals surface area contributed by atoms with Gasteiger partial charge in [0, 0.05) is 11.1 Å². The monoisotopic (exact) mass is 293 g/mol. The third-order valence-corrected chi connectivity index (χ3v) is 3.00. The first-order valence-corrected chi connectivity index (χ1v) is 6.23. The first-order valence-electron chi connectivity index (χ1n) is 5.85. The molecule has 104 valence electrons. The molecule has 0 aliphatic rings. The van der Waals surface area contributed by atoms with Crippen LogP contribution < -0.4 is 5.32 Å². The van der Waals surface area contributed by atoms with E-state index in [-0.39, 0.29) is 17.4 Å². The molecule has 0 fully saturated rings. The number of nitrogens with one attached hydrogen (secondary N) is 1. The molecule has 0 saturated heterocycles. The van der Waals surface area contributed by atoms with E-state index in [0.717, 1.165) is 11.8 Å². The lowest BCUT2D eigenvalue weighted by atomic mass is 10.1. The maximum absolute atomic E-state index is 11.9. The Morgan fingerprint density at radius 1 is 1.35 bits per heavy atom. The van der Waals surface area contributed by atoms with Crippen LogP contribution in [0.2, 0.25) is 5.02 Å². The van der Waals surface area contributed by atoms with E-state index in [9.17, 15) is 9.59 Å². The van der Waals surface area contributed by atoms with Gasteiger partial charge in [0.25, 0.3) is 5.91 Å². The second kappa shape index (κ2) is 5.79. The molecule has 1 amide bonds. The van der Waals surface area contributed by atoms with Gasteiger partial charge in [-0.05, 0) is 24.6 Å². The molecule has 0 spiro atoms. The Morgan fingerprint density at radius 3 is 2.70 bits per heavy atom. The van der Waals surface area contributed by atoms with Crippen molar-refractivity contribution < 1.29 is 19.1 Å². The maximum atomic E-state index is 11.9. The molecule has 1 atom stereocenters. The minimum atomic E-state index is -1.14. The average Bonchev–Trinajstić information content (AvgIpc) is 2.88. The number of halogens is 1. The van der Waals surface area contributed by atoms with Crippen LogP contribution in [0, 0.1) is 0 Å². The van der Waals surface area contributed by atoms with Gasteiger partial charge in [0.1, 0.15) is 6.26 Å². The summed E-state index contributed by atoms with van der Waals surface area (Å²) in [4.78, 5) is 22.6. The minimum Gasteiger partial charge on any atom is -0.478 e. The van der Waals surface area contributed by atoms with Gasteiger partial charge in [-0.15, -0.1) is 0 Å². The Morgan fingerprint density at radius 2 is 2.10 bits per heavy atom. The fourth-order valence-corrected chi connectivity index (χ4v) is 1.89. The molecule has 2 rings (SSSR count). The van der Waals surface area contributed by atoms with E-state index >= 15 is 0 Å². The molecule has 0 aliphatic carbocycles. The fourth-order valence-electron chi connectivity index (χ4n) is 1.69. The van der Waals surface area contributed by atoms with Crippen LogP contribution in [-0.2, 0) is 0 Å². The first-order chi connectivity index (χ1) is 9.47. The summed E-state index contributed by atoms with van der Waals surface area (Å²) in [5.74, 6) is -1.67. The minimum absolute atomic E-state index is 0.0451. The van der Waals surface area contributed by atoms with Gasteiger partial charge in [-0.3, -0.25) is 4.79 Å². The Labute approximate surface area is 120 Å². The number of aromatic carboxylic acids is 1. The highest BCUT2D eigenvalue weighted by molar-refractivity contribution is 6.30. The molecule has 2 N–H and O–H groups in total. The van der Waals surface area contributed by atoms with Crippen LogP contribution in [0.5, 0.6) is 0 Å². The Kier molecular flexibility index (Phi) is 4.10. The third kappa shape index (κ3) is 3.19. The van der Waals surface area contributed by atoms with E-state index in [2.05, 4.69) is 5.32 Å². The molecular weight excluding hydrogens is 282 g/mol. The zero-order chi connectivity index (χ0) is 14.7. The molecule has 20 heavy (non-hydrogen) atoms. The van der Waals surface area contributed by atoms with Crippen molar-refractivity contribution >= 4 is 23.5 Å². The number of hydrogen-bond donors (Lipinski definition) is 2. The Balaban J connectivity index is 2.08. The van der Waals surface area contributed by atoms with E-state index in [1.54, 1.807) is 25.1 Å². The number of furan rings is 1. The van der Waals surface area contributed by atoms with Gasteiger partial charge in [0.05, 0.1) is 11.6 Å². The largest absolute Gasteiger partial charge is 0.478 e. The van der Waals surface area contributed by atoms with Crippen molar-refractivity contribution in [1.82, 2.24) is 5.32 Å². The molecule has 2 aromatic rings. The van der Waals surface area contributed by atoms with Crippen molar-refractivity contribution in [3.05, 3.63) is 58.5 Å². The van der Waals surface area contributed by atoms with Crippen LogP contribution in [0.3, 0.4) is 0 Å². The summed E-state index contributed by atoms with van der Waals surface area (Å²) in [7, 11) is 0. The molecule has 1 aromatic carbocycles. The number of amides is 1. The number of carboxylic acid groups (broad SMARTS) is 1. The third-order valence-electron chi connectivity index (χ3n) is 2.77. The summed E-state index contributed by atoms with van der Waals surface area (Å²) in [6.45, 7) is 1.80. The molecule has 0 saturated carbocycles. The van der Waals surface area contributed by atoms with Gasteiger partial charge in [0.15, 0.2) is 5.76 Å². The first kappa shape index (κ1) is 14.1. The molecule has 0 bridgehead atoms. The lowest BCUT2D eigenvalue weighted by Gasteiger charge is -2.13. The van der Waals surface area contributed by atoms with Gasteiger partial charge in [-0.2, -0.15) is 0 Å². The topological polar surface area (TPSA) is 79.5 Å². The van der Waals surface area contributed by atoms with Crippen molar-refractivity contribution in [2.45, 2.75) is 13.0 Å². The van der Waals surface area contributed by atoms with Crippen molar-refractivity contribution in [3.63, 3.8) is 0 Å². The van der Waals surface area contributed by atoms with Gasteiger partial charge in [-0.1, -0.05) is 23.7 Å². The molecular formula is C14H12ClNO4. The SMILES string of the molecule is CC(NC(=O)c1cc(C(=O)O)co1)c1cccc(Cl)c1. The number of hydrogen-bond acceptors (Lipinski definition) is 3. The van der Waals surface area contributed by atoms with Crippen LogP contribution in [0.25, 0.3) is 0 Å². The van der Waals surface area contributed by atoms with Crippen molar-refractivity contribution in [3.8, 4) is 0 Å². The van der Waals surface area contributed by atoms with E-state index in [1.165, 1.54) is 6.07 Å².